The molecule has 5 aromatic carbocycles. The number of nitrogens with zero attached hydrogens (tertiary/aromatic N) is 2. The van der Waals surface area contributed by atoms with E-state index in [0.29, 0.717) is 39.3 Å². The second-order valence-corrected chi connectivity index (χ2v) is 14.1. The van der Waals surface area contributed by atoms with Gasteiger partial charge in [0.15, 0.2) is 11.5 Å². The van der Waals surface area contributed by atoms with Crippen LogP contribution in [0.15, 0.2) is 122 Å². The monoisotopic (exact) mass is 772 g/mol. The fourth-order valence-electron chi connectivity index (χ4n) is 6.35. The quantitative estimate of drug-likeness (QED) is 0.0745. The Morgan fingerprint density at radius 2 is 1.45 bits per heavy atom. The normalized spacial score (nSPS) is 12.0. The summed E-state index contributed by atoms with van der Waals surface area (Å²) < 4.78 is 105. The van der Waals surface area contributed by atoms with Gasteiger partial charge in [-0.05, 0) is 59.0 Å². The van der Waals surface area contributed by atoms with E-state index in [4.69, 9.17) is 18.4 Å². The number of pyridine rings is 1. The van der Waals surface area contributed by atoms with Gasteiger partial charge in [0.1, 0.15) is 28.9 Å². The summed E-state index contributed by atoms with van der Waals surface area (Å²) in [7, 11) is -3.32. The number of methoxy groups -OCH3 is 2. The number of fused-ring (bicyclic) bond motifs is 2. The first kappa shape index (κ1) is 37.1. The van der Waals surface area contributed by atoms with Crippen molar-refractivity contribution in [2.24, 2.45) is 0 Å². The minimum absolute atomic E-state index is 0.0502. The number of rotatable bonds is 12. The summed E-state index contributed by atoms with van der Waals surface area (Å²) >= 11 is 0. The van der Waals surface area contributed by atoms with Crippen molar-refractivity contribution in [1.29, 1.82) is 0 Å². The highest BCUT2D eigenvalue weighted by atomic mass is 32.2. The molecule has 2 aromatic heterocycles. The second kappa shape index (κ2) is 14.9. The average Bonchev–Trinajstić information content (AvgIpc) is 3.50. The van der Waals surface area contributed by atoms with Crippen LogP contribution in [0.1, 0.15) is 33.9 Å². The van der Waals surface area contributed by atoms with Crippen LogP contribution in [0.2, 0.25) is 0 Å². The highest BCUT2D eigenvalue weighted by molar-refractivity contribution is 7.88. The second-order valence-electron chi connectivity index (χ2n) is 12.6. The summed E-state index contributed by atoms with van der Waals surface area (Å²) in [6, 6.07) is 30.3. The molecule has 0 aliphatic carbocycles. The number of aromatic nitrogens is 2. The van der Waals surface area contributed by atoms with E-state index < -0.39 is 39.2 Å². The molecule has 282 valence electrons. The van der Waals surface area contributed by atoms with Crippen LogP contribution in [-0.4, -0.2) is 42.8 Å². The molecule has 0 fully saturated rings. The first-order chi connectivity index (χ1) is 26.4. The van der Waals surface area contributed by atoms with Crippen LogP contribution in [-0.2, 0) is 23.1 Å². The van der Waals surface area contributed by atoms with Gasteiger partial charge >= 0.3 is 15.6 Å². The Balaban J connectivity index is 1.52. The van der Waals surface area contributed by atoms with Crippen LogP contribution in [0.5, 0.6) is 28.9 Å². The largest absolute Gasteiger partial charge is 0.534 e. The third-order valence-corrected chi connectivity index (χ3v) is 9.95. The lowest BCUT2D eigenvalue weighted by molar-refractivity contribution is -0.0499. The molecule has 0 saturated heterocycles. The molecule has 9 nitrogen and oxygen atoms in total. The Hall–Kier alpha value is -6.28. The predicted octanol–water partition coefficient (Wildman–Crippen LogP) is 9.09. The van der Waals surface area contributed by atoms with Gasteiger partial charge < -0.3 is 28.1 Å². The van der Waals surface area contributed by atoms with Gasteiger partial charge in [-0.15, -0.1) is 0 Å². The molecule has 1 N–H and O–H groups in total. The highest BCUT2D eigenvalue weighted by Gasteiger charge is 2.49. The first-order valence-electron chi connectivity index (χ1n) is 16.8. The summed E-state index contributed by atoms with van der Waals surface area (Å²) in [6.07, 6.45) is 2.06. The molecule has 0 aliphatic rings. The third-order valence-electron chi connectivity index (χ3n) is 9.00. The number of hydrogen-bond acceptors (Lipinski definition) is 8. The van der Waals surface area contributed by atoms with Crippen LogP contribution >= 0.6 is 0 Å². The number of aromatic hydroxyl groups is 1. The van der Waals surface area contributed by atoms with Crippen LogP contribution in [0.3, 0.4) is 0 Å². The maximum absolute atomic E-state index is 14.0. The minimum atomic E-state index is -6.25. The van der Waals surface area contributed by atoms with Crippen molar-refractivity contribution in [3.63, 3.8) is 0 Å². The van der Waals surface area contributed by atoms with Crippen LogP contribution in [0.25, 0.3) is 21.7 Å². The van der Waals surface area contributed by atoms with Gasteiger partial charge in [-0.3, -0.25) is 4.98 Å². The predicted molar refractivity (Wildman–Crippen MR) is 198 cm³/mol. The Morgan fingerprint density at radius 1 is 0.800 bits per heavy atom. The van der Waals surface area contributed by atoms with Crippen molar-refractivity contribution >= 4 is 31.8 Å². The van der Waals surface area contributed by atoms with Gasteiger partial charge in [0.2, 0.25) is 5.88 Å². The summed E-state index contributed by atoms with van der Waals surface area (Å²) in [6.45, 7) is -0.0844. The fraction of sp³-hybridized carbons (Fsp3) is 0.146. The van der Waals surface area contributed by atoms with Crippen molar-refractivity contribution in [2.45, 2.75) is 24.6 Å². The Morgan fingerprint density at radius 3 is 2.05 bits per heavy atom. The summed E-state index contributed by atoms with van der Waals surface area (Å²) in [5, 5.41) is 11.5. The lowest BCUT2D eigenvalue weighted by Crippen LogP contribution is -2.28. The molecule has 7 rings (SSSR count). The van der Waals surface area contributed by atoms with Gasteiger partial charge in [0, 0.05) is 29.4 Å². The van der Waals surface area contributed by atoms with Crippen LogP contribution in [0.4, 0.5) is 17.6 Å². The van der Waals surface area contributed by atoms with E-state index >= 15 is 0 Å². The Bertz CT molecular complexity index is 2560. The average molecular weight is 773 g/mol. The summed E-state index contributed by atoms with van der Waals surface area (Å²) in [5.41, 5.74) is -2.86. The molecular formula is C41H32F4N2O7S. The lowest BCUT2D eigenvalue weighted by Gasteiger charge is -2.23. The van der Waals surface area contributed by atoms with Crippen molar-refractivity contribution in [3.8, 4) is 28.9 Å². The smallest absolute Gasteiger partial charge is 0.497 e. The lowest BCUT2D eigenvalue weighted by atomic mass is 10.00. The first-order valence-corrected chi connectivity index (χ1v) is 18.2. The van der Waals surface area contributed by atoms with E-state index in [1.54, 1.807) is 30.3 Å². The summed E-state index contributed by atoms with van der Waals surface area (Å²) in [5.74, 6) is -0.834. The van der Waals surface area contributed by atoms with Crippen LogP contribution < -0.4 is 18.4 Å². The maximum Gasteiger partial charge on any atom is 0.534 e. The van der Waals surface area contributed by atoms with Crippen molar-refractivity contribution in [2.75, 3.05) is 14.2 Å². The number of benzene rings is 5. The zero-order valence-electron chi connectivity index (χ0n) is 29.2. The highest BCUT2D eigenvalue weighted by Crippen LogP contribution is 2.50. The van der Waals surface area contributed by atoms with Gasteiger partial charge in [0.05, 0.1) is 31.5 Å². The van der Waals surface area contributed by atoms with Crippen molar-refractivity contribution in [1.82, 2.24) is 9.55 Å². The number of halogens is 4. The van der Waals surface area contributed by atoms with Crippen LogP contribution in [0, 0.1) is 5.82 Å². The van der Waals surface area contributed by atoms with Gasteiger partial charge in [-0.1, -0.05) is 72.8 Å². The zero-order chi connectivity index (χ0) is 38.9. The zero-order valence-corrected chi connectivity index (χ0v) is 30.1. The van der Waals surface area contributed by atoms with Crippen molar-refractivity contribution < 1.29 is 49.5 Å². The topological polar surface area (TPSA) is 109 Å². The molecule has 0 bridgehead atoms. The van der Waals surface area contributed by atoms with Crippen molar-refractivity contribution in [3.05, 3.63) is 155 Å². The van der Waals surface area contributed by atoms with Gasteiger partial charge in [-0.25, -0.2) is 4.39 Å². The number of hydrogen-bond donors (Lipinski definition) is 1. The molecule has 2 heterocycles. The van der Waals surface area contributed by atoms with Gasteiger partial charge in [0.25, 0.3) is 0 Å². The molecule has 0 saturated carbocycles. The molecule has 0 unspecified atom stereocenters. The molecule has 14 heteroatoms. The van der Waals surface area contributed by atoms with E-state index in [1.807, 2.05) is 60.7 Å². The molecule has 55 heavy (non-hydrogen) atoms. The standard InChI is InChI=1S/C41H32F4N2O7S/c1-51-31-18-15-29(34(21-31)52-2)23-47-24-33-35(40(47)48)39(53-37(27-9-5-3-6-10-27)28-11-7-4-8-12-28)36-32(38(33)54-55(49,50)41(43,44)45)20-26(22-46-36)19-25-13-16-30(42)17-14-25/h3-18,20-22,24,37,48H,19,23H2,1-2H3. The van der Waals surface area contributed by atoms with E-state index in [2.05, 4.69) is 4.98 Å². The SMILES string of the molecule is COc1ccc(Cn2cc3c(OS(=O)(=O)C(F)(F)F)c4cc(Cc5ccc(F)cc5)cnc4c(OC(c4ccccc4)c4ccccc4)c3c2O)c(OC)c1. The Labute approximate surface area is 313 Å². The molecule has 0 amide bonds. The number of ether oxygens (including phenoxy) is 3. The molecule has 7 aromatic rings. The number of alkyl halides is 3. The fourth-order valence-corrected chi connectivity index (χ4v) is 6.85. The van der Waals surface area contributed by atoms with Gasteiger partial charge in [-0.2, -0.15) is 21.6 Å². The van der Waals surface area contributed by atoms with E-state index in [0.717, 1.165) is 0 Å². The van der Waals surface area contributed by atoms with E-state index in [1.165, 1.54) is 49.4 Å². The Kier molecular flexibility index (Phi) is 10.0. The molecular weight excluding hydrogens is 741 g/mol. The van der Waals surface area contributed by atoms with E-state index in [9.17, 15) is 31.1 Å². The van der Waals surface area contributed by atoms with E-state index in [-0.39, 0.29) is 40.4 Å². The molecule has 0 radical (unpaired) electrons. The molecule has 0 spiro atoms. The maximum atomic E-state index is 14.0. The minimum Gasteiger partial charge on any atom is -0.497 e. The molecule has 0 aliphatic heterocycles. The third kappa shape index (κ3) is 7.45. The molecule has 0 atom stereocenters. The summed E-state index contributed by atoms with van der Waals surface area (Å²) in [4.78, 5) is 4.61.